The molecule has 5 N–H and O–H groups in total. The molecule has 2 saturated carbocycles. The Morgan fingerprint density at radius 2 is 2.04 bits per heavy atom. The van der Waals surface area contributed by atoms with Crippen LogP contribution in [0.3, 0.4) is 0 Å². The van der Waals surface area contributed by atoms with E-state index in [1.54, 1.807) is 0 Å². The number of amides is 1. The van der Waals surface area contributed by atoms with E-state index in [2.05, 4.69) is 35.4 Å². The van der Waals surface area contributed by atoms with Crippen molar-refractivity contribution in [2.75, 3.05) is 19.7 Å². The fraction of sp³-hybridized carbons (Fsp3) is 0.947. The smallest absolute Gasteiger partial charge is 0.226 e. The number of rotatable bonds is 5. The van der Waals surface area contributed by atoms with Crippen molar-refractivity contribution in [1.82, 2.24) is 26.5 Å². The number of carbonyl (C=O) groups is 1. The van der Waals surface area contributed by atoms with Gasteiger partial charge in [0.2, 0.25) is 5.91 Å². The van der Waals surface area contributed by atoms with Crippen molar-refractivity contribution in [2.24, 2.45) is 23.7 Å². The first-order valence-corrected chi connectivity index (χ1v) is 10.7. The van der Waals surface area contributed by atoms with Gasteiger partial charge in [-0.2, -0.15) is 5.48 Å². The molecule has 2 aliphatic carbocycles. The second kappa shape index (κ2) is 8.31. The summed E-state index contributed by atoms with van der Waals surface area (Å²) in [6.07, 6.45) is 6.16. The highest BCUT2D eigenvalue weighted by atomic mass is 16.7. The SMILES string of the molecule is CC1NOC(C2CCC3C(CC[C@H]3NC(=O)C3CNN(CCO)C3C)C2)N1. The lowest BCUT2D eigenvalue weighted by molar-refractivity contribution is -0.126. The molecule has 2 aliphatic heterocycles. The van der Waals surface area contributed by atoms with Crippen LogP contribution in [0.25, 0.3) is 0 Å². The highest BCUT2D eigenvalue weighted by molar-refractivity contribution is 5.80. The molecular formula is C19H35N5O3. The number of nitrogens with one attached hydrogen (secondary N) is 4. The van der Waals surface area contributed by atoms with Crippen molar-refractivity contribution >= 4 is 5.91 Å². The van der Waals surface area contributed by atoms with Crippen LogP contribution in [0.15, 0.2) is 0 Å². The summed E-state index contributed by atoms with van der Waals surface area (Å²) in [5, 5.41) is 18.0. The number of aliphatic hydroxyl groups is 1. The van der Waals surface area contributed by atoms with Crippen LogP contribution in [0, 0.1) is 23.7 Å². The van der Waals surface area contributed by atoms with Crippen LogP contribution in [-0.2, 0) is 9.63 Å². The van der Waals surface area contributed by atoms with Crippen molar-refractivity contribution in [2.45, 2.75) is 70.4 Å². The van der Waals surface area contributed by atoms with Gasteiger partial charge in [0.05, 0.1) is 18.7 Å². The highest BCUT2D eigenvalue weighted by Gasteiger charge is 2.45. The minimum Gasteiger partial charge on any atom is -0.395 e. The van der Waals surface area contributed by atoms with Gasteiger partial charge in [-0.3, -0.25) is 20.4 Å². The molecule has 0 radical (unpaired) electrons. The fourth-order valence-corrected chi connectivity index (χ4v) is 5.71. The molecule has 1 amide bonds. The van der Waals surface area contributed by atoms with Crippen LogP contribution in [-0.4, -0.2) is 60.2 Å². The summed E-state index contributed by atoms with van der Waals surface area (Å²) >= 11 is 0. The molecule has 8 nitrogen and oxygen atoms in total. The lowest BCUT2D eigenvalue weighted by Gasteiger charge is -2.36. The van der Waals surface area contributed by atoms with Crippen LogP contribution >= 0.6 is 0 Å². The summed E-state index contributed by atoms with van der Waals surface area (Å²) in [6, 6.07) is 0.433. The predicted octanol–water partition coefficient (Wildman–Crippen LogP) is -0.0888. The number of hydroxylamine groups is 1. The van der Waals surface area contributed by atoms with Crippen LogP contribution < -0.4 is 21.5 Å². The number of hydrazine groups is 1. The van der Waals surface area contributed by atoms with Gasteiger partial charge in [-0.25, -0.2) is 5.01 Å². The van der Waals surface area contributed by atoms with Crippen LogP contribution in [0.5, 0.6) is 0 Å². The second-order valence-corrected chi connectivity index (χ2v) is 8.86. The van der Waals surface area contributed by atoms with Crippen molar-refractivity contribution in [3.8, 4) is 0 Å². The van der Waals surface area contributed by atoms with Crippen LogP contribution in [0.4, 0.5) is 0 Å². The highest BCUT2D eigenvalue weighted by Crippen LogP contribution is 2.45. The molecule has 154 valence electrons. The van der Waals surface area contributed by atoms with Crippen molar-refractivity contribution in [3.05, 3.63) is 0 Å². The molecule has 7 unspecified atom stereocenters. The minimum absolute atomic E-state index is 0.0458. The molecule has 2 heterocycles. The molecular weight excluding hydrogens is 346 g/mol. The van der Waals surface area contributed by atoms with E-state index in [9.17, 15) is 4.79 Å². The molecule has 8 atom stereocenters. The molecule has 2 saturated heterocycles. The monoisotopic (exact) mass is 381 g/mol. The topological polar surface area (TPSA) is 97.9 Å². The second-order valence-electron chi connectivity index (χ2n) is 8.86. The standard InChI is InChI=1S/C19H35N5O3/c1-11-16(10-20-24(11)7-8-25)18(26)22-17-6-4-13-9-14(3-5-15(13)17)19-21-12(2)23-27-19/h11-17,19-21,23,25H,3-10H2,1-2H3,(H,22,26)/t11?,12?,13?,14?,15?,16?,17-,19?/m1/s1. The zero-order valence-electron chi connectivity index (χ0n) is 16.5. The van der Waals surface area contributed by atoms with Gasteiger partial charge in [0, 0.05) is 31.1 Å². The zero-order chi connectivity index (χ0) is 19.0. The Hall–Kier alpha value is -0.770. The lowest BCUT2D eigenvalue weighted by atomic mass is 9.74. The Balaban J connectivity index is 1.29. The Kier molecular flexibility index (Phi) is 6.01. The molecule has 4 aliphatic rings. The molecule has 4 fully saturated rings. The van der Waals surface area contributed by atoms with E-state index in [0.29, 0.717) is 36.9 Å². The van der Waals surface area contributed by atoms with Gasteiger partial charge in [0.25, 0.3) is 0 Å². The number of carbonyl (C=O) groups excluding carboxylic acids is 1. The third-order valence-corrected chi connectivity index (χ3v) is 7.25. The Morgan fingerprint density at radius 1 is 1.22 bits per heavy atom. The number of aliphatic hydroxyl groups excluding tert-OH is 1. The predicted molar refractivity (Wildman–Crippen MR) is 101 cm³/mol. The molecule has 0 aromatic rings. The summed E-state index contributed by atoms with van der Waals surface area (Å²) in [5.74, 6) is 1.98. The van der Waals surface area contributed by atoms with E-state index in [0.717, 1.165) is 12.8 Å². The first kappa shape index (κ1) is 19.5. The van der Waals surface area contributed by atoms with E-state index >= 15 is 0 Å². The van der Waals surface area contributed by atoms with Crippen LogP contribution in [0.1, 0.15) is 46.0 Å². The molecule has 0 bridgehead atoms. The van der Waals surface area contributed by atoms with Crippen molar-refractivity contribution in [3.63, 3.8) is 0 Å². The third kappa shape index (κ3) is 4.02. The molecule has 0 aromatic heterocycles. The van der Waals surface area contributed by atoms with Gasteiger partial charge in [-0.05, 0) is 57.8 Å². The maximum absolute atomic E-state index is 12.9. The first-order chi connectivity index (χ1) is 13.1. The van der Waals surface area contributed by atoms with Gasteiger partial charge >= 0.3 is 0 Å². The zero-order valence-corrected chi connectivity index (χ0v) is 16.5. The summed E-state index contributed by atoms with van der Waals surface area (Å²) in [7, 11) is 0. The van der Waals surface area contributed by atoms with Gasteiger partial charge in [-0.1, -0.05) is 0 Å². The average Bonchev–Trinajstić information content (AvgIpc) is 3.35. The van der Waals surface area contributed by atoms with E-state index < -0.39 is 0 Å². The molecule has 4 rings (SSSR count). The largest absolute Gasteiger partial charge is 0.395 e. The Morgan fingerprint density at radius 3 is 2.78 bits per heavy atom. The van der Waals surface area contributed by atoms with Gasteiger partial charge in [0.15, 0.2) is 0 Å². The quantitative estimate of drug-likeness (QED) is 0.454. The molecule has 0 aromatic carbocycles. The first-order valence-electron chi connectivity index (χ1n) is 10.7. The van der Waals surface area contributed by atoms with E-state index in [4.69, 9.17) is 9.94 Å². The van der Waals surface area contributed by atoms with Gasteiger partial charge in [0.1, 0.15) is 6.23 Å². The van der Waals surface area contributed by atoms with Crippen molar-refractivity contribution < 1.29 is 14.7 Å². The average molecular weight is 382 g/mol. The number of β-amino-alcohol motifs (C(OH)–C–C–N with tert-alkyl or cyclic N) is 1. The number of hydrogen-bond acceptors (Lipinski definition) is 7. The fourth-order valence-electron chi connectivity index (χ4n) is 5.71. The molecule has 0 spiro atoms. The number of nitrogens with zero attached hydrogens (tertiary/aromatic N) is 1. The Labute approximate surface area is 161 Å². The van der Waals surface area contributed by atoms with Crippen molar-refractivity contribution in [1.29, 1.82) is 0 Å². The van der Waals surface area contributed by atoms with E-state index in [1.165, 1.54) is 19.3 Å². The molecule has 8 heteroatoms. The Bertz CT molecular complexity index is 535. The van der Waals surface area contributed by atoms with Crippen LogP contribution in [0.2, 0.25) is 0 Å². The van der Waals surface area contributed by atoms with E-state index in [-0.39, 0.29) is 36.9 Å². The maximum atomic E-state index is 12.9. The van der Waals surface area contributed by atoms with E-state index in [1.807, 2.05) is 5.01 Å². The number of hydrogen-bond donors (Lipinski definition) is 5. The van der Waals surface area contributed by atoms with Gasteiger partial charge < -0.3 is 10.4 Å². The summed E-state index contributed by atoms with van der Waals surface area (Å²) in [4.78, 5) is 18.6. The third-order valence-electron chi connectivity index (χ3n) is 7.25. The molecule has 27 heavy (non-hydrogen) atoms. The summed E-state index contributed by atoms with van der Waals surface area (Å²) in [6.45, 7) is 5.46. The maximum Gasteiger partial charge on any atom is 0.226 e. The lowest BCUT2D eigenvalue weighted by Crippen LogP contribution is -2.47. The summed E-state index contributed by atoms with van der Waals surface area (Å²) < 4.78 is 0. The summed E-state index contributed by atoms with van der Waals surface area (Å²) in [5.41, 5.74) is 6.26. The minimum atomic E-state index is -0.0458. The van der Waals surface area contributed by atoms with Gasteiger partial charge in [-0.15, -0.1) is 0 Å². The normalized spacial score (nSPS) is 45.1. The number of fused-ring (bicyclic) bond motifs is 1.